The molecule has 0 aromatic carbocycles. The highest BCUT2D eigenvalue weighted by Gasteiger charge is 2.49. The molecule has 8 atom stereocenters. The normalized spacial score (nSPS) is 38.1. The summed E-state index contributed by atoms with van der Waals surface area (Å²) in [5.41, 5.74) is 1.98. The molecule has 0 spiro atoms. The summed E-state index contributed by atoms with van der Waals surface area (Å²) in [4.78, 5) is 0. The Morgan fingerprint density at radius 2 is 1.87 bits per heavy atom. The van der Waals surface area contributed by atoms with Gasteiger partial charge in [0.2, 0.25) is 0 Å². The van der Waals surface area contributed by atoms with E-state index in [-0.39, 0.29) is 6.10 Å². The predicted octanol–water partition coefficient (Wildman–Crippen LogP) is 8.81. The lowest BCUT2D eigenvalue weighted by Crippen LogP contribution is -2.44. The van der Waals surface area contributed by atoms with Gasteiger partial charge in [-0.2, -0.15) is 0 Å². The quantitative estimate of drug-likeness (QED) is 0.343. The molecule has 180 valence electrons. The van der Waals surface area contributed by atoms with Gasteiger partial charge in [0.15, 0.2) is 0 Å². The first-order chi connectivity index (χ1) is 14.8. The molecule has 1 N–H and O–H groups in total. The van der Waals surface area contributed by atoms with Crippen molar-refractivity contribution in [1.82, 2.24) is 0 Å². The molecule has 1 nitrogen and oxygen atoms in total. The largest absolute Gasteiger partial charge is 0.393 e. The second kappa shape index (κ2) is 11.2. The highest BCUT2D eigenvalue weighted by atomic mass is 16.3. The Kier molecular flexibility index (Phi) is 9.16. The van der Waals surface area contributed by atoms with E-state index in [0.717, 1.165) is 54.3 Å². The minimum atomic E-state index is -0.0859. The third kappa shape index (κ3) is 5.80. The van der Waals surface area contributed by atoms with Gasteiger partial charge in [-0.05, 0) is 105 Å². The van der Waals surface area contributed by atoms with Crippen LogP contribution in [0.15, 0.2) is 11.6 Å². The zero-order valence-electron chi connectivity index (χ0n) is 21.8. The van der Waals surface area contributed by atoms with Gasteiger partial charge in [-0.3, -0.25) is 0 Å². The molecule has 0 aromatic rings. The Balaban J connectivity index is 1.64. The highest BCUT2D eigenvalue weighted by molar-refractivity contribution is 5.23. The van der Waals surface area contributed by atoms with Crippen LogP contribution in [0, 0.1) is 46.8 Å². The Morgan fingerprint density at radius 1 is 1.10 bits per heavy atom. The number of fused-ring (bicyclic) bond motifs is 1. The topological polar surface area (TPSA) is 20.2 Å². The monoisotopic (exact) mass is 430 g/mol. The van der Waals surface area contributed by atoms with Crippen molar-refractivity contribution in [3.8, 4) is 0 Å². The lowest BCUT2D eigenvalue weighted by atomic mass is 9.53. The molecule has 0 radical (unpaired) electrons. The molecule has 3 rings (SSSR count). The van der Waals surface area contributed by atoms with Crippen molar-refractivity contribution in [2.45, 2.75) is 131 Å². The molecule has 1 unspecified atom stereocenters. The number of aliphatic hydroxyl groups excluding tert-OH is 1. The second-order valence-electron chi connectivity index (χ2n) is 12.5. The number of aliphatic hydroxyl groups is 1. The van der Waals surface area contributed by atoms with Crippen molar-refractivity contribution < 1.29 is 5.11 Å². The van der Waals surface area contributed by atoms with Crippen molar-refractivity contribution in [3.63, 3.8) is 0 Å². The van der Waals surface area contributed by atoms with Crippen molar-refractivity contribution >= 4 is 0 Å². The number of hydrogen-bond donors (Lipinski definition) is 1. The molecule has 0 amide bonds. The number of rotatable bonds is 10. The molecule has 2 saturated carbocycles. The van der Waals surface area contributed by atoms with Crippen LogP contribution in [-0.2, 0) is 0 Å². The first-order valence-electron chi connectivity index (χ1n) is 14.2. The average Bonchev–Trinajstić information content (AvgIpc) is 3.23. The number of allylic oxidation sites excluding steroid dienone is 1. The van der Waals surface area contributed by atoms with Gasteiger partial charge in [0.05, 0.1) is 6.10 Å². The summed E-state index contributed by atoms with van der Waals surface area (Å²) in [7, 11) is 0. The van der Waals surface area contributed by atoms with Crippen LogP contribution in [-0.4, -0.2) is 11.2 Å². The molecule has 0 aliphatic heterocycles. The van der Waals surface area contributed by atoms with Gasteiger partial charge in [0.25, 0.3) is 0 Å². The van der Waals surface area contributed by atoms with E-state index in [9.17, 15) is 5.11 Å². The fraction of sp³-hybridized carbons (Fsp3) is 0.933. The predicted molar refractivity (Wildman–Crippen MR) is 135 cm³/mol. The van der Waals surface area contributed by atoms with E-state index in [1.54, 1.807) is 5.57 Å². The molecule has 0 aromatic heterocycles. The minimum absolute atomic E-state index is 0.0859. The highest BCUT2D eigenvalue weighted by Crippen LogP contribution is 2.58. The summed E-state index contributed by atoms with van der Waals surface area (Å²) in [6.45, 7) is 14.7. The van der Waals surface area contributed by atoms with Crippen LogP contribution < -0.4 is 0 Å². The third-order valence-electron chi connectivity index (χ3n) is 10.4. The third-order valence-corrected chi connectivity index (χ3v) is 10.4. The smallest absolute Gasteiger partial charge is 0.0577 e. The van der Waals surface area contributed by atoms with Gasteiger partial charge in [-0.15, -0.1) is 0 Å². The fourth-order valence-electron chi connectivity index (χ4n) is 8.03. The van der Waals surface area contributed by atoms with E-state index < -0.39 is 0 Å². The Bertz CT molecular complexity index is 577. The van der Waals surface area contributed by atoms with Crippen LogP contribution in [0.1, 0.15) is 125 Å². The maximum atomic E-state index is 10.3. The van der Waals surface area contributed by atoms with Crippen LogP contribution in [0.4, 0.5) is 0 Å². The summed E-state index contributed by atoms with van der Waals surface area (Å²) in [5, 5.41) is 10.3. The van der Waals surface area contributed by atoms with E-state index in [2.05, 4.69) is 47.6 Å². The molecule has 3 aliphatic carbocycles. The van der Waals surface area contributed by atoms with Gasteiger partial charge in [-0.25, -0.2) is 0 Å². The second-order valence-corrected chi connectivity index (χ2v) is 12.5. The van der Waals surface area contributed by atoms with E-state index in [0.29, 0.717) is 5.41 Å². The Morgan fingerprint density at radius 3 is 2.55 bits per heavy atom. The van der Waals surface area contributed by atoms with Crippen LogP contribution in [0.3, 0.4) is 0 Å². The van der Waals surface area contributed by atoms with Crippen LogP contribution in [0.25, 0.3) is 0 Å². The summed E-state index contributed by atoms with van der Waals surface area (Å²) >= 11 is 0. The standard InChI is InChI=1S/C30H54O/c1-7-9-10-29-28(16-15-26-20-27(31)17-18-30(26,29)6)25-14-13-24(19-25)22(5)11-12-23(8-2)21(3)4/h15,21-25,27-29,31H,7-14,16-20H2,1-6H3/t22-,23?,24+,25-,27+,28+,29+,30+/m1/s1. The zero-order valence-corrected chi connectivity index (χ0v) is 21.8. The molecular weight excluding hydrogens is 376 g/mol. The zero-order chi connectivity index (χ0) is 22.6. The molecule has 0 saturated heterocycles. The Labute approximate surface area is 194 Å². The lowest BCUT2D eigenvalue weighted by molar-refractivity contribution is 0.0277. The molecule has 3 aliphatic rings. The molecule has 1 heteroatoms. The van der Waals surface area contributed by atoms with Gasteiger partial charge >= 0.3 is 0 Å². The van der Waals surface area contributed by atoms with Crippen molar-refractivity contribution in [3.05, 3.63) is 11.6 Å². The SMILES string of the molecule is CCCC[C@H]1[C@H]([C@@H]2CC[C@H]([C@H](C)CCC(CC)C(C)C)C2)CC=C2C[C@@H](O)CC[C@@]21C. The van der Waals surface area contributed by atoms with Gasteiger partial charge in [0, 0.05) is 0 Å². The maximum Gasteiger partial charge on any atom is 0.0577 e. The van der Waals surface area contributed by atoms with Crippen LogP contribution >= 0.6 is 0 Å². The molecule has 31 heavy (non-hydrogen) atoms. The fourth-order valence-corrected chi connectivity index (χ4v) is 8.03. The van der Waals surface area contributed by atoms with Gasteiger partial charge in [0.1, 0.15) is 0 Å². The van der Waals surface area contributed by atoms with Crippen LogP contribution in [0.2, 0.25) is 0 Å². The first-order valence-corrected chi connectivity index (χ1v) is 14.2. The van der Waals surface area contributed by atoms with Gasteiger partial charge in [-0.1, -0.05) is 78.9 Å². The van der Waals surface area contributed by atoms with E-state index >= 15 is 0 Å². The molecule has 0 bridgehead atoms. The number of unbranched alkanes of at least 4 members (excludes halogenated alkanes) is 1. The van der Waals surface area contributed by atoms with Gasteiger partial charge < -0.3 is 5.11 Å². The minimum Gasteiger partial charge on any atom is -0.393 e. The maximum absolute atomic E-state index is 10.3. The van der Waals surface area contributed by atoms with Crippen molar-refractivity contribution in [2.24, 2.45) is 46.8 Å². The molecular formula is C30H54O. The molecule has 2 fully saturated rings. The Hall–Kier alpha value is -0.300. The van der Waals surface area contributed by atoms with E-state index in [1.165, 1.54) is 70.6 Å². The van der Waals surface area contributed by atoms with E-state index in [1.807, 2.05) is 0 Å². The van der Waals surface area contributed by atoms with Crippen molar-refractivity contribution in [1.29, 1.82) is 0 Å². The summed E-state index contributed by atoms with van der Waals surface area (Å²) < 4.78 is 0. The number of hydrogen-bond acceptors (Lipinski definition) is 1. The average molecular weight is 431 g/mol. The van der Waals surface area contributed by atoms with E-state index in [4.69, 9.17) is 0 Å². The first kappa shape index (κ1) is 25.3. The lowest BCUT2D eigenvalue weighted by Gasteiger charge is -2.52. The summed E-state index contributed by atoms with van der Waals surface area (Å²) in [6, 6.07) is 0. The summed E-state index contributed by atoms with van der Waals surface area (Å²) in [5.74, 6) is 6.32. The van der Waals surface area contributed by atoms with Crippen LogP contribution in [0.5, 0.6) is 0 Å². The van der Waals surface area contributed by atoms with Crippen molar-refractivity contribution in [2.75, 3.05) is 0 Å². The molecule has 0 heterocycles. The summed E-state index contributed by atoms with van der Waals surface area (Å²) in [6.07, 6.45) is 19.8.